The number of nitrogens with two attached hydrogens (primary N) is 1. The highest BCUT2D eigenvalue weighted by atomic mass is 19.1. The van der Waals surface area contributed by atoms with Gasteiger partial charge in [-0.05, 0) is 115 Å². The average molecular weight is 1050 g/mol. The molecule has 2 heterocycles. The van der Waals surface area contributed by atoms with Gasteiger partial charge in [-0.25, -0.2) is 18.8 Å². The molecule has 410 valence electrons. The number of nitrogens with one attached hydrogen (secondary N) is 1. The molecule has 5 fully saturated rings. The number of hydrogen-bond acceptors (Lipinski definition) is 15. The van der Waals surface area contributed by atoms with Gasteiger partial charge >= 0.3 is 18.0 Å². The van der Waals surface area contributed by atoms with Crippen LogP contribution in [0, 0.1) is 60.1 Å². The first-order valence-electron chi connectivity index (χ1n) is 26.5. The van der Waals surface area contributed by atoms with Gasteiger partial charge < -0.3 is 54.6 Å². The van der Waals surface area contributed by atoms with Crippen molar-refractivity contribution in [1.82, 2.24) is 14.8 Å². The number of aryl methyl sites for hydroxylation is 1. The number of nitrogens with zero attached hydrogens (tertiary/aromatic N) is 3. The lowest BCUT2D eigenvalue weighted by Crippen LogP contribution is -2.64. The van der Waals surface area contributed by atoms with Crippen LogP contribution in [0.25, 0.3) is 10.9 Å². The molecule has 0 bridgehead atoms. The van der Waals surface area contributed by atoms with E-state index in [0.29, 0.717) is 32.1 Å². The molecule has 19 heteroatoms. The van der Waals surface area contributed by atoms with E-state index in [-0.39, 0.29) is 113 Å². The van der Waals surface area contributed by atoms with Crippen molar-refractivity contribution in [2.24, 2.45) is 46.2 Å². The first kappa shape index (κ1) is 55.6. The second-order valence-corrected chi connectivity index (χ2v) is 23.8. The number of rotatable bonds is 14. The number of piperazine rings is 1. The number of carbonyl (C=O) groups excluding carboxylic acids is 6. The molecule has 1 aliphatic heterocycles. The minimum Gasteiger partial charge on any atom is -0.492 e. The number of ketones is 2. The first-order valence-corrected chi connectivity index (χ1v) is 26.5. The van der Waals surface area contributed by atoms with E-state index in [0.717, 1.165) is 5.57 Å². The minimum atomic E-state index is -2.00. The molecule has 3 unspecified atom stereocenters. The van der Waals surface area contributed by atoms with Crippen molar-refractivity contribution in [2.75, 3.05) is 38.4 Å². The molecule has 1 saturated heterocycles. The van der Waals surface area contributed by atoms with Gasteiger partial charge in [0.05, 0.1) is 30.2 Å². The maximum absolute atomic E-state index is 17.2. The summed E-state index contributed by atoms with van der Waals surface area (Å²) >= 11 is 0. The number of ether oxygens (including phenoxy) is 4. The van der Waals surface area contributed by atoms with Crippen LogP contribution in [0.1, 0.15) is 135 Å². The van der Waals surface area contributed by atoms with Gasteiger partial charge in [-0.3, -0.25) is 19.2 Å². The van der Waals surface area contributed by atoms with Crippen LogP contribution >= 0.6 is 0 Å². The molecule has 1 aromatic carbocycles. The number of fused-ring (bicyclic) bond motifs is 6. The van der Waals surface area contributed by atoms with Gasteiger partial charge in [0.25, 0.3) is 0 Å². The third kappa shape index (κ3) is 9.25. The van der Waals surface area contributed by atoms with Crippen LogP contribution in [0.4, 0.5) is 14.9 Å². The summed E-state index contributed by atoms with van der Waals surface area (Å²) in [6, 6.07) is -2.62. The summed E-state index contributed by atoms with van der Waals surface area (Å²) in [5.41, 5.74) is 0.670. The molecule has 18 nitrogen and oxygen atoms in total. The fourth-order valence-corrected chi connectivity index (χ4v) is 13.7. The van der Waals surface area contributed by atoms with Crippen molar-refractivity contribution in [3.63, 3.8) is 0 Å². The molecule has 2 amide bonds. The predicted molar refractivity (Wildman–Crippen MR) is 275 cm³/mol. The van der Waals surface area contributed by atoms with Crippen molar-refractivity contribution in [1.29, 1.82) is 0 Å². The smallest absolute Gasteiger partial charge is 0.413 e. The molecule has 4 saturated carbocycles. The average Bonchev–Trinajstić information content (AvgIpc) is 4.14. The van der Waals surface area contributed by atoms with Crippen molar-refractivity contribution in [2.45, 2.75) is 163 Å². The van der Waals surface area contributed by atoms with Crippen molar-refractivity contribution in [3.05, 3.63) is 56.7 Å². The van der Waals surface area contributed by atoms with Crippen LogP contribution in [0.2, 0.25) is 0 Å². The van der Waals surface area contributed by atoms with Crippen LogP contribution in [0.5, 0.6) is 5.75 Å². The van der Waals surface area contributed by atoms with Gasteiger partial charge in [-0.15, -0.1) is 0 Å². The number of carbonyl (C=O) groups is 6. The SMILES string of the molecule is COc1c(N2CCN(C(=O)OCOC(=O)C(NC(=O)C(N)C(C)C)C(C)C)C(C)C2)c(F)c(C)c2c(=O)c(C(=O)OC(C)(C)C(=O)[C@@]3(O)CC[C@H]4[C@@H]5CCC6=CC(=O)C=C[C@]6(C)[C@H]5[C@@H](O)C[C@@]43C)c(C)n(C3CC3)c12. The number of aromatic nitrogens is 1. The zero-order valence-electron chi connectivity index (χ0n) is 45.5. The second-order valence-electron chi connectivity index (χ2n) is 23.8. The maximum atomic E-state index is 17.2. The van der Waals surface area contributed by atoms with Crippen LogP contribution < -0.4 is 26.1 Å². The Morgan fingerprint density at radius 3 is 2.29 bits per heavy atom. The summed E-state index contributed by atoms with van der Waals surface area (Å²) in [6.45, 7) is 18.1. The number of anilines is 1. The number of aliphatic hydroxyl groups is 2. The largest absolute Gasteiger partial charge is 0.492 e. The molecule has 0 spiro atoms. The number of aliphatic hydroxyl groups excluding tert-OH is 1. The van der Waals surface area contributed by atoms with Crippen LogP contribution in [-0.2, 0) is 33.4 Å². The Labute approximate surface area is 437 Å². The number of amides is 2. The van der Waals surface area contributed by atoms with E-state index in [4.69, 9.17) is 24.7 Å². The Morgan fingerprint density at radius 2 is 1.68 bits per heavy atom. The molecule has 75 heavy (non-hydrogen) atoms. The summed E-state index contributed by atoms with van der Waals surface area (Å²) in [6.07, 6.45) is 6.83. The van der Waals surface area contributed by atoms with Gasteiger partial charge in [-0.2, -0.15) is 0 Å². The Hall–Kier alpha value is -5.66. The third-order valence-electron chi connectivity index (χ3n) is 18.0. The summed E-state index contributed by atoms with van der Waals surface area (Å²) < 4.78 is 41.6. The number of pyridine rings is 1. The number of benzene rings is 1. The van der Waals surface area contributed by atoms with Crippen LogP contribution in [-0.4, -0.2) is 124 Å². The molecule has 6 aliphatic rings. The predicted octanol–water partition coefficient (Wildman–Crippen LogP) is 5.89. The second kappa shape index (κ2) is 20.0. The minimum absolute atomic E-state index is 0.0501. The van der Waals surface area contributed by atoms with E-state index < -0.39 is 94.0 Å². The van der Waals surface area contributed by atoms with Crippen LogP contribution in [0.15, 0.2) is 28.6 Å². The van der Waals surface area contributed by atoms with Gasteiger partial charge in [-0.1, -0.05) is 53.2 Å². The monoisotopic (exact) mass is 1050 g/mol. The van der Waals surface area contributed by atoms with Gasteiger partial charge in [0, 0.05) is 59.7 Å². The molecular weight excluding hydrogens is 970 g/mol. The lowest BCUT2D eigenvalue weighted by atomic mass is 9.46. The Bertz CT molecular complexity index is 2840. The molecule has 0 radical (unpaired) electrons. The number of hydrogen-bond donors (Lipinski definition) is 4. The number of methoxy groups -OCH3 is 1. The molecule has 5 N–H and O–H groups in total. The highest BCUT2D eigenvalue weighted by Gasteiger charge is 2.70. The summed E-state index contributed by atoms with van der Waals surface area (Å²) in [5, 5.41) is 27.2. The molecule has 2 aromatic rings. The van der Waals surface area contributed by atoms with Gasteiger partial charge in [0.1, 0.15) is 22.9 Å². The highest BCUT2D eigenvalue weighted by molar-refractivity contribution is 6.03. The Balaban J connectivity index is 1.01. The molecule has 10 atom stereocenters. The normalized spacial score (nSPS) is 29.3. The van der Waals surface area contributed by atoms with E-state index in [1.165, 1.54) is 32.8 Å². The summed E-state index contributed by atoms with van der Waals surface area (Å²) in [4.78, 5) is 98.8. The Morgan fingerprint density at radius 1 is 1.00 bits per heavy atom. The van der Waals surface area contributed by atoms with Crippen molar-refractivity contribution < 1.29 is 62.3 Å². The number of esters is 2. The van der Waals surface area contributed by atoms with E-state index in [9.17, 15) is 43.8 Å². The maximum Gasteiger partial charge on any atom is 0.413 e. The van der Waals surface area contributed by atoms with E-state index >= 15 is 4.39 Å². The van der Waals surface area contributed by atoms with Crippen molar-refractivity contribution in [3.8, 4) is 5.75 Å². The lowest BCUT2D eigenvalue weighted by Gasteiger charge is -2.59. The fraction of sp³-hybridized carbons (Fsp3) is 0.661. The Kier molecular flexibility index (Phi) is 14.9. The molecular formula is C56H76FN5O13. The fourth-order valence-electron chi connectivity index (χ4n) is 13.7. The zero-order valence-corrected chi connectivity index (χ0v) is 45.5. The first-order chi connectivity index (χ1) is 35.1. The van der Waals surface area contributed by atoms with Gasteiger partial charge in [0.15, 0.2) is 23.0 Å². The number of Topliss-reactive ketones (excluding diaryl/α,β-unsaturated/α-hetero) is 1. The molecule has 5 aliphatic carbocycles. The summed E-state index contributed by atoms with van der Waals surface area (Å²) in [5.74, 6) is -4.91. The zero-order chi connectivity index (χ0) is 55.2. The third-order valence-corrected chi connectivity index (χ3v) is 18.0. The lowest BCUT2D eigenvalue weighted by molar-refractivity contribution is -0.188. The van der Waals surface area contributed by atoms with Crippen LogP contribution in [0.3, 0.4) is 0 Å². The van der Waals surface area contributed by atoms with E-state index in [1.54, 1.807) is 58.6 Å². The number of halogens is 1. The molecule has 1 aromatic heterocycles. The summed E-state index contributed by atoms with van der Waals surface area (Å²) in [7, 11) is 1.37. The quantitative estimate of drug-likeness (QED) is 0.127. The van der Waals surface area contributed by atoms with E-state index in [1.807, 2.05) is 24.5 Å². The standard InChI is InChI=1S/C56H76FN5O13/c1-27(2)42(58)48(66)59-43(28(3)4)50(68)73-26-74-52(70)61-22-21-60(25-29(61)5)45-41(57)30(6)38-44(47(45)72-12)62(33-14-15-33)31(7)39(46(38)65)49(67)75-53(8,9)51(69)56(71)20-18-36-35-16-13-32-23-34(63)17-19-54(32,10)40(35)37(64)24-55(36,56)11/h17,19,23,27-29,33,35-37,40,42-43,64,71H,13-16,18,20-22,24-26,58H2,1-12H3,(H,59,66)/t29?,35-,36-,37-,40+,42?,43?,54-,55-,56-/m0/s1. The molecule has 8 rings (SSSR count). The highest BCUT2D eigenvalue weighted by Crippen LogP contribution is 2.67. The van der Waals surface area contributed by atoms with E-state index in [2.05, 4.69) is 5.32 Å². The van der Waals surface area contributed by atoms with Crippen molar-refractivity contribution >= 4 is 52.1 Å². The topological polar surface area (TPSA) is 246 Å². The van der Waals surface area contributed by atoms with Gasteiger partial charge in [0.2, 0.25) is 23.9 Å². The number of allylic oxidation sites excluding steroid dienone is 4.